The quantitative estimate of drug-likeness (QED) is 0.665. The number of hydrogen-bond donors (Lipinski definition) is 2. The number of rotatable bonds is 3. The molecule has 0 atom stereocenters. The summed E-state index contributed by atoms with van der Waals surface area (Å²) in [5.74, 6) is -0.490. The summed E-state index contributed by atoms with van der Waals surface area (Å²) in [6, 6.07) is 5.96. The summed E-state index contributed by atoms with van der Waals surface area (Å²) in [7, 11) is -2.72. The Balaban J connectivity index is 2.31. The number of nitrogens with zero attached hydrogens (tertiary/aromatic N) is 2. The number of carbonyl (C=O) groups is 1. The fourth-order valence-corrected chi connectivity index (χ4v) is 2.35. The van der Waals surface area contributed by atoms with Crippen molar-refractivity contribution in [1.82, 2.24) is 9.97 Å². The Kier molecular flexibility index (Phi) is 4.31. The van der Waals surface area contributed by atoms with E-state index in [-0.39, 0.29) is 15.7 Å². The van der Waals surface area contributed by atoms with Crippen molar-refractivity contribution in [2.45, 2.75) is 11.8 Å². The molecule has 2 aromatic rings. The van der Waals surface area contributed by atoms with Gasteiger partial charge in [0.25, 0.3) is 5.91 Å². The zero-order valence-electron chi connectivity index (χ0n) is 10.3. The smallest absolute Gasteiger partial charge is 0.274 e. The second-order valence-electron chi connectivity index (χ2n) is 3.89. The van der Waals surface area contributed by atoms with Crippen LogP contribution in [0.25, 0.3) is 0 Å². The molecule has 0 aliphatic heterocycles. The lowest BCUT2D eigenvalue weighted by molar-refractivity contribution is 0.102. The van der Waals surface area contributed by atoms with E-state index in [9.17, 15) is 13.2 Å². The largest absolute Gasteiger partial charge is 0.320 e. The summed E-state index contributed by atoms with van der Waals surface area (Å²) >= 11 is 5.68. The first-order valence-corrected chi connectivity index (χ1v) is 7.07. The second kappa shape index (κ2) is 5.98. The molecule has 0 aliphatic rings. The van der Waals surface area contributed by atoms with E-state index in [0.29, 0.717) is 11.3 Å². The van der Waals surface area contributed by atoms with Gasteiger partial charge in [-0.05, 0) is 24.6 Å². The van der Waals surface area contributed by atoms with E-state index in [1.165, 1.54) is 18.5 Å². The van der Waals surface area contributed by atoms with Crippen molar-refractivity contribution < 1.29 is 13.2 Å². The summed E-state index contributed by atoms with van der Waals surface area (Å²) in [5.41, 5.74) is 0.972. The first-order chi connectivity index (χ1) is 9.49. The molecule has 1 aromatic heterocycles. The maximum atomic E-state index is 12.0. The van der Waals surface area contributed by atoms with Crippen molar-refractivity contribution in [3.8, 4) is 0 Å². The Morgan fingerprint density at radius 1 is 1.30 bits per heavy atom. The van der Waals surface area contributed by atoms with Crippen LogP contribution >= 0.6 is 11.6 Å². The maximum Gasteiger partial charge on any atom is 0.274 e. The lowest BCUT2D eigenvalue weighted by Crippen LogP contribution is -2.15. The highest BCUT2D eigenvalue weighted by Crippen LogP contribution is 2.20. The van der Waals surface area contributed by atoms with E-state index in [4.69, 9.17) is 11.6 Å². The predicted octanol–water partition coefficient (Wildman–Crippen LogP) is 1.66. The van der Waals surface area contributed by atoms with Crippen LogP contribution in [-0.2, 0) is 10.7 Å². The van der Waals surface area contributed by atoms with Crippen LogP contribution in [-0.4, -0.2) is 24.3 Å². The molecule has 1 amide bonds. The molecule has 0 radical (unpaired) electrons. The average molecular weight is 312 g/mol. The number of amides is 1. The first kappa shape index (κ1) is 14.4. The van der Waals surface area contributed by atoms with Crippen LogP contribution in [0.2, 0.25) is 5.15 Å². The fraction of sp³-hybridized carbons (Fsp3) is 0.0833. The highest BCUT2D eigenvalue weighted by molar-refractivity contribution is 7.72. The summed E-state index contributed by atoms with van der Waals surface area (Å²) in [4.78, 5) is 19.6. The van der Waals surface area contributed by atoms with Crippen molar-refractivity contribution in [3.63, 3.8) is 0 Å². The van der Waals surface area contributed by atoms with E-state index in [1.807, 2.05) is 0 Å². The zero-order chi connectivity index (χ0) is 14.7. The minimum absolute atomic E-state index is 0.0984. The number of thiol groups is 1. The van der Waals surface area contributed by atoms with E-state index in [2.05, 4.69) is 15.3 Å². The molecule has 0 spiro atoms. The number of nitrogens with one attached hydrogen (secondary N) is 1. The van der Waals surface area contributed by atoms with Crippen LogP contribution in [0.1, 0.15) is 16.1 Å². The minimum Gasteiger partial charge on any atom is -0.320 e. The van der Waals surface area contributed by atoms with Crippen molar-refractivity contribution in [2.75, 3.05) is 5.32 Å². The molecule has 104 valence electrons. The Labute approximate surface area is 121 Å². The van der Waals surface area contributed by atoms with Crippen molar-refractivity contribution in [3.05, 3.63) is 47.0 Å². The fourth-order valence-electron chi connectivity index (χ4n) is 1.60. The van der Waals surface area contributed by atoms with Gasteiger partial charge in [0.1, 0.15) is 17.2 Å². The molecule has 1 aromatic carbocycles. The molecular weight excluding hydrogens is 302 g/mol. The Morgan fingerprint density at radius 3 is 2.70 bits per heavy atom. The molecule has 0 fully saturated rings. The maximum absolute atomic E-state index is 12.0. The number of hydrogen-bond acceptors (Lipinski definition) is 5. The molecule has 1 N–H and O–H groups in total. The van der Waals surface area contributed by atoms with Crippen molar-refractivity contribution in [2.24, 2.45) is 0 Å². The van der Waals surface area contributed by atoms with Gasteiger partial charge in [-0.2, -0.15) is 0 Å². The van der Waals surface area contributed by atoms with Crippen molar-refractivity contribution >= 4 is 33.9 Å². The number of anilines is 1. The molecule has 0 unspecified atom stereocenters. The monoisotopic (exact) mass is 311 g/mol. The van der Waals surface area contributed by atoms with Gasteiger partial charge >= 0.3 is 0 Å². The van der Waals surface area contributed by atoms with E-state index in [1.54, 1.807) is 19.1 Å². The van der Waals surface area contributed by atoms with Crippen LogP contribution < -0.4 is 5.32 Å². The Bertz CT molecular complexity index is 738. The molecule has 20 heavy (non-hydrogen) atoms. The lowest BCUT2D eigenvalue weighted by Gasteiger charge is -2.09. The van der Waals surface area contributed by atoms with Crippen LogP contribution in [0.5, 0.6) is 0 Å². The third kappa shape index (κ3) is 3.12. The summed E-state index contributed by atoms with van der Waals surface area (Å²) in [5, 5.41) is 2.74. The SMILES string of the molecule is Cc1c(NC(=O)c2cc(Cl)ncn2)cccc1[SH](=O)=O. The van der Waals surface area contributed by atoms with Gasteiger partial charge in [0.15, 0.2) is 10.7 Å². The Hall–Kier alpha value is -1.99. The third-order valence-corrected chi connectivity index (χ3v) is 3.70. The number of carbonyl (C=O) groups excluding carboxylic acids is 1. The van der Waals surface area contributed by atoms with Gasteiger partial charge in [-0.15, -0.1) is 0 Å². The molecule has 0 aliphatic carbocycles. The third-order valence-electron chi connectivity index (χ3n) is 2.62. The molecule has 6 nitrogen and oxygen atoms in total. The van der Waals surface area contributed by atoms with Gasteiger partial charge in [0, 0.05) is 11.8 Å². The van der Waals surface area contributed by atoms with Gasteiger partial charge in [-0.3, -0.25) is 4.79 Å². The minimum atomic E-state index is -2.72. The van der Waals surface area contributed by atoms with Crippen molar-refractivity contribution in [1.29, 1.82) is 0 Å². The van der Waals surface area contributed by atoms with E-state index in [0.717, 1.165) is 0 Å². The highest BCUT2D eigenvalue weighted by atomic mass is 35.5. The summed E-state index contributed by atoms with van der Waals surface area (Å²) in [6.45, 7) is 1.61. The highest BCUT2D eigenvalue weighted by Gasteiger charge is 2.12. The summed E-state index contributed by atoms with van der Waals surface area (Å²) in [6.07, 6.45) is 1.18. The normalized spacial score (nSPS) is 10.6. The zero-order valence-corrected chi connectivity index (χ0v) is 12.0. The molecule has 0 saturated heterocycles. The summed E-state index contributed by atoms with van der Waals surface area (Å²) < 4.78 is 22.1. The number of benzene rings is 1. The predicted molar refractivity (Wildman–Crippen MR) is 74.8 cm³/mol. The molecule has 0 saturated carbocycles. The molecule has 0 bridgehead atoms. The van der Waals surface area contributed by atoms with Gasteiger partial charge in [0.2, 0.25) is 0 Å². The number of halogens is 1. The Morgan fingerprint density at radius 2 is 2.05 bits per heavy atom. The first-order valence-electron chi connectivity index (χ1n) is 5.52. The standard InChI is InChI=1S/C12H10ClN3O3S/c1-7-8(3-2-4-10(7)20(18)19)16-12(17)9-5-11(13)15-6-14-9/h2-6,20H,1H3,(H,16,17). The number of aromatic nitrogens is 2. The van der Waals surface area contributed by atoms with E-state index >= 15 is 0 Å². The van der Waals surface area contributed by atoms with Crippen LogP contribution in [0.4, 0.5) is 5.69 Å². The molecule has 1 heterocycles. The van der Waals surface area contributed by atoms with Crippen LogP contribution in [0.15, 0.2) is 35.5 Å². The van der Waals surface area contributed by atoms with Gasteiger partial charge in [-0.1, -0.05) is 17.7 Å². The molecular formula is C12H10ClN3O3S. The van der Waals surface area contributed by atoms with E-state index < -0.39 is 16.6 Å². The molecule has 8 heteroatoms. The average Bonchev–Trinajstić information content (AvgIpc) is 2.40. The van der Waals surface area contributed by atoms with Gasteiger partial charge in [-0.25, -0.2) is 18.4 Å². The second-order valence-corrected chi connectivity index (χ2v) is 5.27. The van der Waals surface area contributed by atoms with Gasteiger partial charge in [0.05, 0.1) is 4.90 Å². The lowest BCUT2D eigenvalue weighted by atomic mass is 10.2. The van der Waals surface area contributed by atoms with Gasteiger partial charge < -0.3 is 5.32 Å². The topological polar surface area (TPSA) is 89.0 Å². The van der Waals surface area contributed by atoms with Crippen LogP contribution in [0.3, 0.4) is 0 Å². The molecule has 2 rings (SSSR count). The van der Waals surface area contributed by atoms with Crippen LogP contribution in [0, 0.1) is 6.92 Å².